The van der Waals surface area contributed by atoms with Gasteiger partial charge in [0, 0.05) is 30.3 Å². The van der Waals surface area contributed by atoms with Crippen LogP contribution in [0.5, 0.6) is 5.75 Å². The fourth-order valence-electron chi connectivity index (χ4n) is 3.03. The minimum absolute atomic E-state index is 0.179. The zero-order valence-corrected chi connectivity index (χ0v) is 16.8. The Kier molecular flexibility index (Phi) is 5.90. The normalized spacial score (nSPS) is 10.4. The van der Waals surface area contributed by atoms with Gasteiger partial charge in [0.15, 0.2) is 0 Å². The van der Waals surface area contributed by atoms with Crippen molar-refractivity contribution in [1.82, 2.24) is 20.1 Å². The van der Waals surface area contributed by atoms with Crippen molar-refractivity contribution in [3.05, 3.63) is 78.4 Å². The van der Waals surface area contributed by atoms with E-state index >= 15 is 0 Å². The molecule has 2 heterocycles. The molecular weight excluding hydrogens is 395 g/mol. The van der Waals surface area contributed by atoms with Crippen LogP contribution in [-0.2, 0) is 7.05 Å². The van der Waals surface area contributed by atoms with Gasteiger partial charge >= 0.3 is 0 Å². The predicted molar refractivity (Wildman–Crippen MR) is 116 cm³/mol. The molecule has 0 fully saturated rings. The molecular formula is C24H19FN4O2. The number of nitrogens with one attached hydrogen (secondary N) is 1. The number of rotatable bonds is 5. The lowest BCUT2D eigenvalue weighted by molar-refractivity contribution is 0.0949. The second-order valence-corrected chi connectivity index (χ2v) is 6.73. The van der Waals surface area contributed by atoms with Crippen LogP contribution in [0.15, 0.2) is 66.9 Å². The molecule has 0 aliphatic carbocycles. The number of hydrogen-bond donors (Lipinski definition) is 1. The van der Waals surface area contributed by atoms with Gasteiger partial charge in [-0.2, -0.15) is 5.10 Å². The number of fused-ring (bicyclic) bond motifs is 1. The van der Waals surface area contributed by atoms with E-state index < -0.39 is 0 Å². The van der Waals surface area contributed by atoms with E-state index in [4.69, 9.17) is 4.74 Å². The van der Waals surface area contributed by atoms with Crippen LogP contribution in [0.4, 0.5) is 4.39 Å². The first-order valence-electron chi connectivity index (χ1n) is 9.61. The molecule has 4 rings (SSSR count). The number of benzene rings is 2. The van der Waals surface area contributed by atoms with Gasteiger partial charge in [0.2, 0.25) is 0 Å². The molecule has 0 atom stereocenters. The molecule has 154 valence electrons. The van der Waals surface area contributed by atoms with E-state index in [0.717, 1.165) is 16.5 Å². The Morgan fingerprint density at radius 2 is 1.97 bits per heavy atom. The molecule has 0 saturated heterocycles. The predicted octanol–water partition coefficient (Wildman–Crippen LogP) is 3.59. The number of carbonyl (C=O) groups is 1. The van der Waals surface area contributed by atoms with E-state index in [-0.39, 0.29) is 24.9 Å². The van der Waals surface area contributed by atoms with Gasteiger partial charge in [-0.3, -0.25) is 14.5 Å². The molecule has 0 aliphatic rings. The maximum Gasteiger partial charge on any atom is 0.270 e. The van der Waals surface area contributed by atoms with Gasteiger partial charge in [-0.15, -0.1) is 0 Å². The third kappa shape index (κ3) is 4.87. The molecule has 0 unspecified atom stereocenters. The van der Waals surface area contributed by atoms with Crippen LogP contribution in [-0.4, -0.2) is 33.8 Å². The molecule has 4 aromatic rings. The second kappa shape index (κ2) is 9.09. The van der Waals surface area contributed by atoms with Crippen LogP contribution >= 0.6 is 0 Å². The maximum absolute atomic E-state index is 13.1. The summed E-state index contributed by atoms with van der Waals surface area (Å²) in [5.74, 6) is 5.81. The fourth-order valence-corrected chi connectivity index (χ4v) is 3.03. The van der Waals surface area contributed by atoms with Gasteiger partial charge in [-0.05, 0) is 48.5 Å². The van der Waals surface area contributed by atoms with Crippen molar-refractivity contribution in [2.45, 2.75) is 0 Å². The summed E-state index contributed by atoms with van der Waals surface area (Å²) in [6.45, 7) is 0.382. The number of carbonyl (C=O) groups excluding carboxylic acids is 1. The van der Waals surface area contributed by atoms with Crippen molar-refractivity contribution in [3.8, 4) is 28.8 Å². The number of aromatic nitrogens is 3. The maximum atomic E-state index is 13.1. The van der Waals surface area contributed by atoms with E-state index in [9.17, 15) is 9.18 Å². The topological polar surface area (TPSA) is 69.0 Å². The van der Waals surface area contributed by atoms with Crippen LogP contribution in [0.25, 0.3) is 22.2 Å². The average Bonchev–Trinajstić information content (AvgIpc) is 3.18. The zero-order valence-electron chi connectivity index (χ0n) is 16.8. The van der Waals surface area contributed by atoms with Crippen molar-refractivity contribution in [3.63, 3.8) is 0 Å². The molecule has 2 aromatic heterocycles. The van der Waals surface area contributed by atoms with Crippen molar-refractivity contribution in [1.29, 1.82) is 0 Å². The summed E-state index contributed by atoms with van der Waals surface area (Å²) in [5, 5.41) is 8.10. The Morgan fingerprint density at radius 1 is 1.13 bits per heavy atom. The lowest BCUT2D eigenvalue weighted by atomic mass is 10.1. The van der Waals surface area contributed by atoms with E-state index in [0.29, 0.717) is 17.1 Å². The number of nitrogens with zero attached hydrogens (tertiary/aromatic N) is 3. The van der Waals surface area contributed by atoms with Gasteiger partial charge in [0.1, 0.15) is 23.9 Å². The van der Waals surface area contributed by atoms with Gasteiger partial charge in [-0.1, -0.05) is 17.9 Å². The third-order valence-electron chi connectivity index (χ3n) is 4.60. The summed E-state index contributed by atoms with van der Waals surface area (Å²) < 4.78 is 20.2. The summed E-state index contributed by atoms with van der Waals surface area (Å²) in [6, 6.07) is 17.2. The molecule has 6 nitrogen and oxygen atoms in total. The molecule has 31 heavy (non-hydrogen) atoms. The highest BCUT2D eigenvalue weighted by molar-refractivity contribution is 5.93. The molecule has 1 amide bonds. The number of hydrogen-bond acceptors (Lipinski definition) is 4. The minimum atomic E-state index is -0.322. The van der Waals surface area contributed by atoms with Crippen molar-refractivity contribution in [2.24, 2.45) is 7.05 Å². The summed E-state index contributed by atoms with van der Waals surface area (Å²) >= 11 is 0. The van der Waals surface area contributed by atoms with Crippen LogP contribution < -0.4 is 10.1 Å². The van der Waals surface area contributed by atoms with Gasteiger partial charge in [0.25, 0.3) is 5.91 Å². The monoisotopic (exact) mass is 414 g/mol. The standard InChI is InChI=1S/C24H19FN4O2/c1-29-23(16-22(28-29)18-6-9-19(25)10-7-18)24(30)27-12-2-3-14-31-20-11-8-17-5-4-13-26-21(17)15-20/h4-11,13,15-16H,12,14H2,1H3,(H,27,30). The quantitative estimate of drug-likeness (QED) is 0.507. The van der Waals surface area contributed by atoms with Gasteiger partial charge in [0.05, 0.1) is 17.8 Å². The number of aryl methyl sites for hydroxylation is 1. The highest BCUT2D eigenvalue weighted by atomic mass is 19.1. The van der Waals surface area contributed by atoms with Crippen molar-refractivity contribution < 1.29 is 13.9 Å². The molecule has 2 aromatic carbocycles. The van der Waals surface area contributed by atoms with Crippen molar-refractivity contribution in [2.75, 3.05) is 13.2 Å². The number of ether oxygens (including phenoxy) is 1. The third-order valence-corrected chi connectivity index (χ3v) is 4.60. The molecule has 0 radical (unpaired) electrons. The van der Waals surface area contributed by atoms with Gasteiger partial charge < -0.3 is 10.1 Å². The van der Waals surface area contributed by atoms with Crippen molar-refractivity contribution >= 4 is 16.8 Å². The summed E-state index contributed by atoms with van der Waals surface area (Å²) in [7, 11) is 1.68. The minimum Gasteiger partial charge on any atom is -0.481 e. The summed E-state index contributed by atoms with van der Waals surface area (Å²) in [6.07, 6.45) is 1.74. The number of amides is 1. The van der Waals surface area contributed by atoms with Crippen LogP contribution in [0.1, 0.15) is 10.5 Å². The van der Waals surface area contributed by atoms with E-state index in [1.54, 1.807) is 31.4 Å². The highest BCUT2D eigenvalue weighted by Gasteiger charge is 2.13. The zero-order chi connectivity index (χ0) is 21.6. The second-order valence-electron chi connectivity index (χ2n) is 6.73. The molecule has 0 spiro atoms. The Bertz CT molecular complexity index is 1290. The average molecular weight is 414 g/mol. The Hall–Kier alpha value is -4.18. The van der Waals surface area contributed by atoms with E-state index in [2.05, 4.69) is 27.2 Å². The highest BCUT2D eigenvalue weighted by Crippen LogP contribution is 2.20. The molecule has 0 aliphatic heterocycles. The first-order chi connectivity index (χ1) is 15.1. The van der Waals surface area contributed by atoms with Crippen LogP contribution in [0, 0.1) is 17.7 Å². The molecule has 0 bridgehead atoms. The fraction of sp³-hybridized carbons (Fsp3) is 0.125. The SMILES string of the molecule is Cn1nc(-c2ccc(F)cc2)cc1C(=O)NCC#CCOc1ccc2cccnc2c1. The first kappa shape index (κ1) is 20.1. The Balaban J connectivity index is 1.29. The van der Waals surface area contributed by atoms with Gasteiger partial charge in [-0.25, -0.2) is 4.39 Å². The molecule has 1 N–H and O–H groups in total. The first-order valence-corrected chi connectivity index (χ1v) is 9.61. The van der Waals surface area contributed by atoms with E-state index in [1.807, 2.05) is 30.3 Å². The number of halogens is 1. The van der Waals surface area contributed by atoms with E-state index in [1.165, 1.54) is 16.8 Å². The lowest BCUT2D eigenvalue weighted by Gasteiger charge is -2.03. The van der Waals surface area contributed by atoms with Crippen LogP contribution in [0.2, 0.25) is 0 Å². The lowest BCUT2D eigenvalue weighted by Crippen LogP contribution is -2.25. The van der Waals surface area contributed by atoms with Crippen LogP contribution in [0.3, 0.4) is 0 Å². The Labute approximate surface area is 178 Å². The smallest absolute Gasteiger partial charge is 0.270 e. The summed E-state index contributed by atoms with van der Waals surface area (Å²) in [4.78, 5) is 16.7. The molecule has 0 saturated carbocycles. The summed E-state index contributed by atoms with van der Waals surface area (Å²) in [5.41, 5.74) is 2.58. The largest absolute Gasteiger partial charge is 0.481 e. The Morgan fingerprint density at radius 3 is 2.81 bits per heavy atom. The molecule has 7 heteroatoms. The number of pyridine rings is 1.